The molecule has 1 N–H and O–H groups in total. The Balaban J connectivity index is 1.97. The molecule has 1 aliphatic heterocycles. The van der Waals surface area contributed by atoms with Crippen molar-refractivity contribution in [2.45, 2.75) is 58.3 Å². The minimum Gasteiger partial charge on any atom is -0.324 e. The molecule has 2 heterocycles. The maximum absolute atomic E-state index is 13.2. The normalized spacial score (nSPS) is 20.8. The molecule has 112 valence electrons. The smallest absolute Gasteiger partial charge is 0.324 e. The molecule has 0 bridgehead atoms. The Hall–Kier alpha value is -1.04. The molecule has 1 aliphatic carbocycles. The summed E-state index contributed by atoms with van der Waals surface area (Å²) in [7, 11) is 0. The van der Waals surface area contributed by atoms with Crippen LogP contribution in [0.2, 0.25) is 0 Å². The molecule has 3 rings (SSSR count). The van der Waals surface area contributed by atoms with Gasteiger partial charge < -0.3 is 9.88 Å². The molecular weight excluding hydrogens is 267 g/mol. The number of alkyl halides is 3. The standard InChI is InChI=1S/C14H20F3N3/c1-2-4-13(5-6-13)9-20-11-3-7-18-8-10(11)19-12(20)14(15,16)17/h18H,2-9H2,1H3. The maximum atomic E-state index is 13.2. The third-order valence-electron chi connectivity index (χ3n) is 4.47. The minimum atomic E-state index is -4.36. The molecule has 0 amide bonds. The summed E-state index contributed by atoms with van der Waals surface area (Å²) >= 11 is 0. The molecular formula is C14H20F3N3. The molecule has 0 unspecified atom stereocenters. The zero-order valence-corrected chi connectivity index (χ0v) is 11.7. The summed E-state index contributed by atoms with van der Waals surface area (Å²) in [6, 6.07) is 0. The molecule has 3 nitrogen and oxygen atoms in total. The van der Waals surface area contributed by atoms with Gasteiger partial charge in [0.05, 0.1) is 5.69 Å². The van der Waals surface area contributed by atoms with Gasteiger partial charge in [-0.2, -0.15) is 13.2 Å². The fourth-order valence-corrected chi connectivity index (χ4v) is 3.29. The van der Waals surface area contributed by atoms with Gasteiger partial charge in [-0.1, -0.05) is 13.3 Å². The first-order chi connectivity index (χ1) is 9.45. The Kier molecular flexibility index (Phi) is 3.31. The fourth-order valence-electron chi connectivity index (χ4n) is 3.29. The zero-order chi connectivity index (χ0) is 14.4. The highest BCUT2D eigenvalue weighted by Gasteiger charge is 2.46. The number of hydrogen-bond donors (Lipinski definition) is 1. The third kappa shape index (κ3) is 2.45. The lowest BCUT2D eigenvalue weighted by Crippen LogP contribution is -2.27. The summed E-state index contributed by atoms with van der Waals surface area (Å²) in [5.74, 6) is -0.700. The van der Waals surface area contributed by atoms with Crippen molar-refractivity contribution in [3.8, 4) is 0 Å². The number of nitrogens with zero attached hydrogens (tertiary/aromatic N) is 2. The Morgan fingerprint density at radius 3 is 2.70 bits per heavy atom. The first kappa shape index (κ1) is 13.9. The van der Waals surface area contributed by atoms with E-state index in [4.69, 9.17) is 0 Å². The molecule has 20 heavy (non-hydrogen) atoms. The molecule has 0 aromatic carbocycles. The Morgan fingerprint density at radius 2 is 2.10 bits per heavy atom. The van der Waals surface area contributed by atoms with Gasteiger partial charge in [0.2, 0.25) is 5.82 Å². The Labute approximate surface area is 116 Å². The number of rotatable bonds is 4. The van der Waals surface area contributed by atoms with Crippen LogP contribution in [0.15, 0.2) is 0 Å². The lowest BCUT2D eigenvalue weighted by molar-refractivity contribution is -0.147. The highest BCUT2D eigenvalue weighted by Crippen LogP contribution is 2.52. The summed E-state index contributed by atoms with van der Waals surface area (Å²) in [5.41, 5.74) is 1.46. The highest BCUT2D eigenvalue weighted by atomic mass is 19.4. The van der Waals surface area contributed by atoms with E-state index in [1.165, 1.54) is 4.57 Å². The molecule has 0 atom stereocenters. The molecule has 1 aromatic rings. The van der Waals surface area contributed by atoms with Crippen LogP contribution in [0.1, 0.15) is 49.8 Å². The second kappa shape index (κ2) is 4.76. The van der Waals surface area contributed by atoms with E-state index in [9.17, 15) is 13.2 Å². The summed E-state index contributed by atoms with van der Waals surface area (Å²) in [6.45, 7) is 3.76. The highest BCUT2D eigenvalue weighted by molar-refractivity contribution is 5.22. The largest absolute Gasteiger partial charge is 0.449 e. The number of fused-ring (bicyclic) bond motifs is 1. The summed E-state index contributed by atoms with van der Waals surface area (Å²) in [5, 5.41) is 3.09. The summed E-state index contributed by atoms with van der Waals surface area (Å²) in [6.07, 6.45) is 0.405. The van der Waals surface area contributed by atoms with Crippen molar-refractivity contribution < 1.29 is 13.2 Å². The Morgan fingerprint density at radius 1 is 1.35 bits per heavy atom. The minimum absolute atomic E-state index is 0.0914. The van der Waals surface area contributed by atoms with Crippen molar-refractivity contribution in [3.05, 3.63) is 17.2 Å². The van der Waals surface area contributed by atoms with Crippen molar-refractivity contribution in [2.24, 2.45) is 5.41 Å². The van der Waals surface area contributed by atoms with E-state index in [2.05, 4.69) is 17.2 Å². The van der Waals surface area contributed by atoms with Crippen molar-refractivity contribution >= 4 is 0 Å². The van der Waals surface area contributed by atoms with Crippen LogP contribution in [-0.4, -0.2) is 16.1 Å². The van der Waals surface area contributed by atoms with Crippen LogP contribution in [0.25, 0.3) is 0 Å². The first-order valence-electron chi connectivity index (χ1n) is 7.31. The number of aromatic nitrogens is 2. The van der Waals surface area contributed by atoms with Crippen molar-refractivity contribution in [2.75, 3.05) is 6.54 Å². The number of nitrogens with one attached hydrogen (secondary N) is 1. The quantitative estimate of drug-likeness (QED) is 0.922. The first-order valence-corrected chi connectivity index (χ1v) is 7.31. The van der Waals surface area contributed by atoms with Gasteiger partial charge in [0.1, 0.15) is 0 Å². The van der Waals surface area contributed by atoms with Gasteiger partial charge in [-0.25, -0.2) is 4.98 Å². The van der Waals surface area contributed by atoms with Gasteiger partial charge in [-0.05, 0) is 24.7 Å². The number of halogens is 3. The number of hydrogen-bond acceptors (Lipinski definition) is 2. The van der Waals surface area contributed by atoms with Gasteiger partial charge in [0.25, 0.3) is 0 Å². The maximum Gasteiger partial charge on any atom is 0.449 e. The van der Waals surface area contributed by atoms with Gasteiger partial charge in [-0.3, -0.25) is 0 Å². The third-order valence-corrected chi connectivity index (χ3v) is 4.47. The molecule has 2 aliphatic rings. The van der Waals surface area contributed by atoms with Crippen LogP contribution in [0, 0.1) is 5.41 Å². The predicted molar refractivity (Wildman–Crippen MR) is 69.2 cm³/mol. The molecule has 1 saturated carbocycles. The molecule has 0 spiro atoms. The average molecular weight is 287 g/mol. The lowest BCUT2D eigenvalue weighted by atomic mass is 10.00. The average Bonchev–Trinajstić information content (AvgIpc) is 3.03. The van der Waals surface area contributed by atoms with E-state index >= 15 is 0 Å². The van der Waals surface area contributed by atoms with Crippen molar-refractivity contribution in [1.29, 1.82) is 0 Å². The molecule has 0 radical (unpaired) electrons. The Bertz CT molecular complexity index is 500. The van der Waals surface area contributed by atoms with E-state index < -0.39 is 12.0 Å². The number of imidazole rings is 1. The monoisotopic (exact) mass is 287 g/mol. The second-order valence-electron chi connectivity index (χ2n) is 6.09. The van der Waals surface area contributed by atoms with Gasteiger partial charge >= 0.3 is 6.18 Å². The van der Waals surface area contributed by atoms with Crippen molar-refractivity contribution in [3.63, 3.8) is 0 Å². The van der Waals surface area contributed by atoms with Gasteiger partial charge in [-0.15, -0.1) is 0 Å². The topological polar surface area (TPSA) is 29.9 Å². The SMILES string of the molecule is CCCC1(Cn2c(C(F)(F)F)nc3c2CCNC3)CC1. The van der Waals surface area contributed by atoms with Crippen molar-refractivity contribution in [1.82, 2.24) is 14.9 Å². The van der Waals surface area contributed by atoms with Gasteiger partial charge in [0.15, 0.2) is 0 Å². The zero-order valence-electron chi connectivity index (χ0n) is 11.7. The van der Waals surface area contributed by atoms with E-state index in [0.29, 0.717) is 25.2 Å². The lowest BCUT2D eigenvalue weighted by Gasteiger charge is -2.21. The van der Waals surface area contributed by atoms with Crippen LogP contribution >= 0.6 is 0 Å². The van der Waals surface area contributed by atoms with Crippen LogP contribution in [0.5, 0.6) is 0 Å². The van der Waals surface area contributed by atoms with E-state index in [1.54, 1.807) is 0 Å². The van der Waals surface area contributed by atoms with Gasteiger partial charge in [0, 0.05) is 31.7 Å². The molecule has 0 saturated heterocycles. The molecule has 1 fully saturated rings. The van der Waals surface area contributed by atoms with Crippen LogP contribution in [0.3, 0.4) is 0 Å². The fraction of sp³-hybridized carbons (Fsp3) is 0.786. The summed E-state index contributed by atoms with van der Waals surface area (Å²) in [4.78, 5) is 3.87. The van der Waals surface area contributed by atoms with Crippen LogP contribution < -0.4 is 5.32 Å². The van der Waals surface area contributed by atoms with E-state index in [0.717, 1.165) is 37.9 Å². The van der Waals surface area contributed by atoms with Crippen LogP contribution in [-0.2, 0) is 25.7 Å². The van der Waals surface area contributed by atoms with Crippen LogP contribution in [0.4, 0.5) is 13.2 Å². The second-order valence-corrected chi connectivity index (χ2v) is 6.09. The van der Waals surface area contributed by atoms with E-state index in [1.807, 2.05) is 0 Å². The predicted octanol–water partition coefficient (Wildman–Crippen LogP) is 3.13. The molecule has 1 aromatic heterocycles. The summed E-state index contributed by atoms with van der Waals surface area (Å²) < 4.78 is 41.1. The molecule has 6 heteroatoms. The van der Waals surface area contributed by atoms with E-state index in [-0.39, 0.29) is 5.41 Å².